The van der Waals surface area contributed by atoms with Gasteiger partial charge in [0.15, 0.2) is 0 Å². The van der Waals surface area contributed by atoms with E-state index in [1.165, 1.54) is 0 Å². The Hall–Kier alpha value is -2.72. The van der Waals surface area contributed by atoms with Crippen molar-refractivity contribution in [2.45, 2.75) is 12.0 Å². The number of aromatic nitrogens is 1. The van der Waals surface area contributed by atoms with Gasteiger partial charge in [0.1, 0.15) is 0 Å². The molecule has 110 valence electrons. The summed E-state index contributed by atoms with van der Waals surface area (Å²) < 4.78 is 0. The summed E-state index contributed by atoms with van der Waals surface area (Å²) in [6.45, 7) is 0. The third-order valence-electron chi connectivity index (χ3n) is 3.79. The van der Waals surface area contributed by atoms with Crippen molar-refractivity contribution in [3.63, 3.8) is 0 Å². The van der Waals surface area contributed by atoms with Crippen LogP contribution in [-0.2, 0) is 4.79 Å². The highest BCUT2D eigenvalue weighted by Gasteiger charge is 2.27. The highest BCUT2D eigenvalue weighted by atomic mass is 16.3. The first-order chi connectivity index (χ1) is 10.7. The molecule has 1 aromatic heterocycles. The quantitative estimate of drug-likeness (QED) is 0.776. The topological polar surface area (TPSA) is 76.2 Å². The monoisotopic (exact) mass is 292 g/mol. The number of benzene rings is 2. The second-order valence-electron chi connectivity index (χ2n) is 5.22. The van der Waals surface area contributed by atoms with E-state index in [4.69, 9.17) is 5.73 Å². The standard InChI is InChI=1S/C18H16N2O2/c19-18(22)16(12-4-2-1-3-5-12)17(21)14-6-7-15-11-20-9-8-13(15)10-14/h1-11,16-17,21H,(H2,19,22). The molecule has 1 heterocycles. The van der Waals surface area contributed by atoms with Crippen LogP contribution in [0, 0.1) is 0 Å². The molecule has 0 aliphatic heterocycles. The molecular formula is C18H16N2O2. The Morgan fingerprint density at radius 2 is 1.77 bits per heavy atom. The molecule has 2 unspecified atom stereocenters. The Kier molecular flexibility index (Phi) is 3.85. The summed E-state index contributed by atoms with van der Waals surface area (Å²) in [4.78, 5) is 15.9. The fourth-order valence-electron chi connectivity index (χ4n) is 2.64. The van der Waals surface area contributed by atoms with Gasteiger partial charge in [-0.3, -0.25) is 9.78 Å². The summed E-state index contributed by atoms with van der Waals surface area (Å²) >= 11 is 0. The number of pyridine rings is 1. The smallest absolute Gasteiger partial charge is 0.227 e. The first-order valence-electron chi connectivity index (χ1n) is 7.03. The van der Waals surface area contributed by atoms with Gasteiger partial charge >= 0.3 is 0 Å². The van der Waals surface area contributed by atoms with Gasteiger partial charge in [-0.15, -0.1) is 0 Å². The molecule has 0 aliphatic carbocycles. The van der Waals surface area contributed by atoms with E-state index in [9.17, 15) is 9.90 Å². The van der Waals surface area contributed by atoms with Crippen LogP contribution >= 0.6 is 0 Å². The van der Waals surface area contributed by atoms with Gasteiger partial charge in [0, 0.05) is 17.8 Å². The minimum Gasteiger partial charge on any atom is -0.387 e. The summed E-state index contributed by atoms with van der Waals surface area (Å²) in [5.74, 6) is -1.32. The maximum absolute atomic E-state index is 11.8. The maximum atomic E-state index is 11.8. The number of aliphatic hydroxyl groups excluding tert-OH is 1. The molecule has 3 aromatic rings. The van der Waals surface area contributed by atoms with E-state index >= 15 is 0 Å². The van der Waals surface area contributed by atoms with Crippen molar-refractivity contribution in [3.8, 4) is 0 Å². The summed E-state index contributed by atoms with van der Waals surface area (Å²) in [7, 11) is 0. The number of rotatable bonds is 4. The minimum absolute atomic E-state index is 0.548. The van der Waals surface area contributed by atoms with Crippen LogP contribution in [0.15, 0.2) is 67.0 Å². The number of nitrogens with zero attached hydrogens (tertiary/aromatic N) is 1. The molecule has 3 N–H and O–H groups in total. The summed E-state index contributed by atoms with van der Waals surface area (Å²) in [5.41, 5.74) is 6.88. The Labute approximate surface area is 128 Å². The summed E-state index contributed by atoms with van der Waals surface area (Å²) in [6, 6.07) is 16.5. The van der Waals surface area contributed by atoms with Crippen molar-refractivity contribution in [1.29, 1.82) is 0 Å². The van der Waals surface area contributed by atoms with Gasteiger partial charge in [-0.2, -0.15) is 0 Å². The van der Waals surface area contributed by atoms with Crippen LogP contribution in [0.4, 0.5) is 0 Å². The Morgan fingerprint density at radius 3 is 2.50 bits per heavy atom. The third-order valence-corrected chi connectivity index (χ3v) is 3.79. The average Bonchev–Trinajstić information content (AvgIpc) is 2.55. The number of nitrogens with two attached hydrogens (primary N) is 1. The predicted molar refractivity (Wildman–Crippen MR) is 85.1 cm³/mol. The molecule has 0 spiro atoms. The van der Waals surface area contributed by atoms with E-state index in [-0.39, 0.29) is 0 Å². The zero-order chi connectivity index (χ0) is 15.5. The van der Waals surface area contributed by atoms with Crippen molar-refractivity contribution in [2.75, 3.05) is 0 Å². The van der Waals surface area contributed by atoms with Crippen molar-refractivity contribution in [3.05, 3.63) is 78.1 Å². The molecule has 4 heteroatoms. The second-order valence-corrected chi connectivity index (χ2v) is 5.22. The van der Waals surface area contributed by atoms with Gasteiger partial charge in [-0.05, 0) is 28.6 Å². The molecule has 0 aliphatic rings. The van der Waals surface area contributed by atoms with Gasteiger partial charge in [0.25, 0.3) is 0 Å². The van der Waals surface area contributed by atoms with Crippen LogP contribution in [0.25, 0.3) is 10.8 Å². The molecular weight excluding hydrogens is 276 g/mol. The zero-order valence-electron chi connectivity index (χ0n) is 11.9. The Bertz CT molecular complexity index is 802. The predicted octanol–water partition coefficient (Wildman–Crippen LogP) is 2.54. The van der Waals surface area contributed by atoms with Gasteiger partial charge in [-0.25, -0.2) is 0 Å². The number of aliphatic hydroxyl groups is 1. The molecule has 0 radical (unpaired) electrons. The molecule has 1 amide bonds. The van der Waals surface area contributed by atoms with Gasteiger partial charge in [-0.1, -0.05) is 42.5 Å². The van der Waals surface area contributed by atoms with Crippen LogP contribution in [0.5, 0.6) is 0 Å². The Balaban J connectivity index is 2.02. The lowest BCUT2D eigenvalue weighted by atomic mass is 9.88. The number of hydrogen-bond donors (Lipinski definition) is 2. The highest BCUT2D eigenvalue weighted by molar-refractivity contribution is 5.84. The van der Waals surface area contributed by atoms with Crippen LogP contribution in [0.1, 0.15) is 23.1 Å². The SMILES string of the molecule is NC(=O)C(c1ccccc1)C(O)c1ccc2cnccc2c1. The highest BCUT2D eigenvalue weighted by Crippen LogP contribution is 2.32. The van der Waals surface area contributed by atoms with Crippen LogP contribution < -0.4 is 5.73 Å². The molecule has 22 heavy (non-hydrogen) atoms. The first kappa shape index (κ1) is 14.2. The van der Waals surface area contributed by atoms with E-state index in [1.54, 1.807) is 30.6 Å². The molecule has 0 bridgehead atoms. The number of primary amides is 1. The number of fused-ring (bicyclic) bond motifs is 1. The van der Waals surface area contributed by atoms with Crippen LogP contribution in [0.3, 0.4) is 0 Å². The zero-order valence-corrected chi connectivity index (χ0v) is 11.9. The number of hydrogen-bond acceptors (Lipinski definition) is 3. The molecule has 2 atom stereocenters. The van der Waals surface area contributed by atoms with Crippen molar-refractivity contribution < 1.29 is 9.90 Å². The average molecular weight is 292 g/mol. The van der Waals surface area contributed by atoms with Gasteiger partial charge in [0.05, 0.1) is 12.0 Å². The lowest BCUT2D eigenvalue weighted by Crippen LogP contribution is -2.27. The van der Waals surface area contributed by atoms with Gasteiger partial charge in [0.2, 0.25) is 5.91 Å². The maximum Gasteiger partial charge on any atom is 0.227 e. The largest absolute Gasteiger partial charge is 0.387 e. The van der Waals surface area contributed by atoms with E-state index in [2.05, 4.69) is 4.98 Å². The molecule has 3 rings (SSSR count). The molecule has 0 saturated heterocycles. The van der Waals surface area contributed by atoms with E-state index < -0.39 is 17.9 Å². The van der Waals surface area contributed by atoms with E-state index in [0.29, 0.717) is 11.1 Å². The van der Waals surface area contributed by atoms with E-state index in [1.807, 2.05) is 36.4 Å². The number of amides is 1. The van der Waals surface area contributed by atoms with Crippen molar-refractivity contribution >= 4 is 16.7 Å². The molecule has 0 saturated carbocycles. The fourth-order valence-corrected chi connectivity index (χ4v) is 2.64. The normalized spacial score (nSPS) is 13.7. The number of carbonyl (C=O) groups is 1. The second kappa shape index (κ2) is 5.95. The minimum atomic E-state index is -0.988. The summed E-state index contributed by atoms with van der Waals surface area (Å²) in [5, 5.41) is 12.6. The lowest BCUT2D eigenvalue weighted by Gasteiger charge is -2.21. The van der Waals surface area contributed by atoms with Crippen molar-refractivity contribution in [2.24, 2.45) is 5.73 Å². The molecule has 0 fully saturated rings. The summed E-state index contributed by atoms with van der Waals surface area (Å²) in [6.07, 6.45) is 2.47. The van der Waals surface area contributed by atoms with Gasteiger partial charge < -0.3 is 10.8 Å². The van der Waals surface area contributed by atoms with Crippen molar-refractivity contribution in [1.82, 2.24) is 4.98 Å². The molecule has 2 aromatic carbocycles. The fraction of sp³-hybridized carbons (Fsp3) is 0.111. The molecule has 4 nitrogen and oxygen atoms in total. The third kappa shape index (κ3) is 2.69. The first-order valence-corrected chi connectivity index (χ1v) is 7.03. The lowest BCUT2D eigenvalue weighted by molar-refractivity contribution is -0.122. The van der Waals surface area contributed by atoms with E-state index in [0.717, 1.165) is 10.8 Å². The number of carbonyl (C=O) groups excluding carboxylic acids is 1. The van der Waals surface area contributed by atoms with Crippen LogP contribution in [-0.4, -0.2) is 16.0 Å². The Morgan fingerprint density at radius 1 is 1.00 bits per heavy atom. The van der Waals surface area contributed by atoms with Crippen LogP contribution in [0.2, 0.25) is 0 Å².